The van der Waals surface area contributed by atoms with Gasteiger partial charge in [-0.1, -0.05) is 30.7 Å². The number of benzene rings is 1. The van der Waals surface area contributed by atoms with Crippen molar-refractivity contribution in [2.45, 2.75) is 51.5 Å². The predicted octanol–water partition coefficient (Wildman–Crippen LogP) is 4.33. The molecule has 4 rings (SSSR count). The van der Waals surface area contributed by atoms with Gasteiger partial charge in [0.25, 0.3) is 5.56 Å². The maximum atomic E-state index is 12.5. The summed E-state index contributed by atoms with van der Waals surface area (Å²) < 4.78 is 0. The molecule has 0 saturated carbocycles. The Morgan fingerprint density at radius 2 is 2.11 bits per heavy atom. The number of hydrogen-bond donors (Lipinski definition) is 2. The molecule has 1 aromatic carbocycles. The third kappa shape index (κ3) is 3.84. The van der Waals surface area contributed by atoms with Crippen LogP contribution in [0.25, 0.3) is 10.2 Å². The Morgan fingerprint density at radius 3 is 2.86 bits per heavy atom. The first-order valence-corrected chi connectivity index (χ1v) is 10.8. The van der Waals surface area contributed by atoms with Gasteiger partial charge in [0.2, 0.25) is 5.91 Å². The number of amides is 1. The third-order valence-corrected chi connectivity index (χ3v) is 6.67. The van der Waals surface area contributed by atoms with Crippen molar-refractivity contribution in [2.24, 2.45) is 0 Å². The summed E-state index contributed by atoms with van der Waals surface area (Å²) in [4.78, 5) is 34.5. The van der Waals surface area contributed by atoms with Gasteiger partial charge in [0, 0.05) is 22.7 Å². The van der Waals surface area contributed by atoms with Gasteiger partial charge in [-0.15, -0.1) is 11.3 Å². The molecule has 7 heteroatoms. The zero-order valence-corrected chi connectivity index (χ0v) is 17.3. The highest BCUT2D eigenvalue weighted by atomic mass is 35.5. The average molecular weight is 416 g/mol. The number of carbonyl (C=O) groups is 1. The van der Waals surface area contributed by atoms with Gasteiger partial charge in [-0.25, -0.2) is 4.98 Å². The van der Waals surface area contributed by atoms with Crippen LogP contribution in [0, 0.1) is 0 Å². The number of nitrogens with one attached hydrogen (secondary N) is 2. The molecule has 28 heavy (non-hydrogen) atoms. The molecule has 1 unspecified atom stereocenters. The SMILES string of the molecule is CCC(NC(=O)CCc1nc2sc3c(c2c(=O)[nH]1)CCC3)c1ccc(Cl)cc1. The first-order chi connectivity index (χ1) is 13.5. The normalized spacial score (nSPS) is 14.2. The van der Waals surface area contributed by atoms with Crippen LogP contribution >= 0.6 is 22.9 Å². The van der Waals surface area contributed by atoms with Crippen molar-refractivity contribution in [2.75, 3.05) is 0 Å². The smallest absolute Gasteiger partial charge is 0.259 e. The molecule has 1 aliphatic carbocycles. The highest BCUT2D eigenvalue weighted by Crippen LogP contribution is 2.34. The number of fused-ring (bicyclic) bond motifs is 3. The molecule has 0 saturated heterocycles. The van der Waals surface area contributed by atoms with Crippen LogP contribution in [0.1, 0.15) is 54.1 Å². The zero-order valence-electron chi connectivity index (χ0n) is 15.7. The average Bonchev–Trinajstić information content (AvgIpc) is 3.26. The first kappa shape index (κ1) is 19.2. The zero-order chi connectivity index (χ0) is 19.7. The van der Waals surface area contributed by atoms with Gasteiger partial charge >= 0.3 is 0 Å². The van der Waals surface area contributed by atoms with Crippen LogP contribution in [0.2, 0.25) is 5.02 Å². The van der Waals surface area contributed by atoms with Crippen LogP contribution in [0.4, 0.5) is 0 Å². The summed E-state index contributed by atoms with van der Waals surface area (Å²) in [7, 11) is 0. The number of aromatic amines is 1. The lowest BCUT2D eigenvalue weighted by atomic mass is 10.0. The van der Waals surface area contributed by atoms with Crippen LogP contribution in [-0.2, 0) is 24.1 Å². The molecule has 0 bridgehead atoms. The van der Waals surface area contributed by atoms with Crippen molar-refractivity contribution >= 4 is 39.1 Å². The summed E-state index contributed by atoms with van der Waals surface area (Å²) >= 11 is 7.56. The lowest BCUT2D eigenvalue weighted by molar-refractivity contribution is -0.121. The number of carbonyl (C=O) groups excluding carboxylic acids is 1. The first-order valence-electron chi connectivity index (χ1n) is 9.63. The second-order valence-electron chi connectivity index (χ2n) is 7.13. The van der Waals surface area contributed by atoms with Crippen LogP contribution in [0.3, 0.4) is 0 Å². The third-order valence-electron chi connectivity index (χ3n) is 5.23. The Kier molecular flexibility index (Phi) is 5.51. The molecular formula is C21H22ClN3O2S. The minimum atomic E-state index is -0.0765. The maximum absolute atomic E-state index is 12.5. The number of thiophene rings is 1. The van der Waals surface area contributed by atoms with E-state index in [4.69, 9.17) is 11.6 Å². The predicted molar refractivity (Wildman–Crippen MR) is 113 cm³/mol. The van der Waals surface area contributed by atoms with E-state index in [2.05, 4.69) is 15.3 Å². The monoisotopic (exact) mass is 415 g/mol. The standard InChI is InChI=1S/C21H22ClN3O2S/c1-2-15(12-6-8-13(22)9-7-12)23-18(26)11-10-17-24-20(27)19-14-4-3-5-16(14)28-21(19)25-17/h6-9,15H,2-5,10-11H2,1H3,(H,23,26)(H,24,25,27). The molecule has 3 aromatic rings. The van der Waals surface area contributed by atoms with E-state index >= 15 is 0 Å². The van der Waals surface area contributed by atoms with E-state index in [-0.39, 0.29) is 23.9 Å². The lowest BCUT2D eigenvalue weighted by Crippen LogP contribution is -2.28. The van der Waals surface area contributed by atoms with Crippen LogP contribution < -0.4 is 10.9 Å². The van der Waals surface area contributed by atoms with E-state index in [1.54, 1.807) is 11.3 Å². The van der Waals surface area contributed by atoms with Crippen molar-refractivity contribution in [3.8, 4) is 0 Å². The van der Waals surface area contributed by atoms with E-state index in [0.29, 0.717) is 17.3 Å². The number of aryl methyl sites for hydroxylation is 3. The summed E-state index contributed by atoms with van der Waals surface area (Å²) in [5, 5.41) is 4.48. The Bertz CT molecular complexity index is 1070. The lowest BCUT2D eigenvalue weighted by Gasteiger charge is -2.17. The number of H-pyrrole nitrogens is 1. The maximum Gasteiger partial charge on any atom is 0.259 e. The van der Waals surface area contributed by atoms with E-state index < -0.39 is 0 Å². The molecule has 0 spiro atoms. The summed E-state index contributed by atoms with van der Waals surface area (Å²) in [5.74, 6) is 0.519. The molecule has 2 N–H and O–H groups in total. The fourth-order valence-corrected chi connectivity index (χ4v) is 5.19. The van der Waals surface area contributed by atoms with E-state index in [0.717, 1.165) is 41.5 Å². The molecule has 1 amide bonds. The molecular weight excluding hydrogens is 394 g/mol. The van der Waals surface area contributed by atoms with E-state index in [1.165, 1.54) is 10.4 Å². The Morgan fingerprint density at radius 1 is 1.32 bits per heavy atom. The van der Waals surface area contributed by atoms with Gasteiger partial charge in [-0.2, -0.15) is 0 Å². The fourth-order valence-electron chi connectivity index (χ4n) is 3.78. The quantitative estimate of drug-likeness (QED) is 0.629. The van der Waals surface area contributed by atoms with Crippen molar-refractivity contribution in [3.63, 3.8) is 0 Å². The topological polar surface area (TPSA) is 74.8 Å². The Hall–Kier alpha value is -2.18. The second kappa shape index (κ2) is 8.05. The highest BCUT2D eigenvalue weighted by molar-refractivity contribution is 7.18. The van der Waals surface area contributed by atoms with Crippen molar-refractivity contribution < 1.29 is 4.79 Å². The Labute approximate surface area is 172 Å². The molecule has 0 aliphatic heterocycles. The molecule has 2 heterocycles. The Balaban J connectivity index is 1.43. The second-order valence-corrected chi connectivity index (χ2v) is 8.65. The number of halogens is 1. The van der Waals surface area contributed by atoms with Gasteiger partial charge in [-0.3, -0.25) is 9.59 Å². The molecule has 0 radical (unpaired) electrons. The summed E-state index contributed by atoms with van der Waals surface area (Å²) in [6, 6.07) is 7.46. The van der Waals surface area contributed by atoms with E-state index in [9.17, 15) is 9.59 Å². The minimum Gasteiger partial charge on any atom is -0.349 e. The number of rotatable bonds is 6. The molecule has 5 nitrogen and oxygen atoms in total. The fraction of sp³-hybridized carbons (Fsp3) is 0.381. The summed E-state index contributed by atoms with van der Waals surface area (Å²) in [6.07, 6.45) is 4.60. The summed E-state index contributed by atoms with van der Waals surface area (Å²) in [5.41, 5.74) is 2.13. The largest absolute Gasteiger partial charge is 0.349 e. The van der Waals surface area contributed by atoms with Crippen molar-refractivity contribution in [1.82, 2.24) is 15.3 Å². The van der Waals surface area contributed by atoms with Crippen molar-refractivity contribution in [3.05, 3.63) is 61.5 Å². The molecule has 0 fully saturated rings. The van der Waals surface area contributed by atoms with Crippen molar-refractivity contribution in [1.29, 1.82) is 0 Å². The van der Waals surface area contributed by atoms with Gasteiger partial charge < -0.3 is 10.3 Å². The van der Waals surface area contributed by atoms with Gasteiger partial charge in [0.1, 0.15) is 10.7 Å². The summed E-state index contributed by atoms with van der Waals surface area (Å²) in [6.45, 7) is 2.03. The van der Waals surface area contributed by atoms with Gasteiger partial charge in [-0.05, 0) is 48.9 Å². The molecule has 1 atom stereocenters. The van der Waals surface area contributed by atoms with Crippen LogP contribution in [0.15, 0.2) is 29.1 Å². The highest BCUT2D eigenvalue weighted by Gasteiger charge is 2.21. The van der Waals surface area contributed by atoms with E-state index in [1.807, 2.05) is 31.2 Å². The number of hydrogen-bond acceptors (Lipinski definition) is 4. The molecule has 2 aromatic heterocycles. The minimum absolute atomic E-state index is 0.0560. The van der Waals surface area contributed by atoms with Crippen LogP contribution in [-0.4, -0.2) is 15.9 Å². The van der Waals surface area contributed by atoms with Gasteiger partial charge in [0.05, 0.1) is 11.4 Å². The number of aromatic nitrogens is 2. The van der Waals surface area contributed by atoms with Gasteiger partial charge in [0.15, 0.2) is 0 Å². The molecule has 146 valence electrons. The molecule has 1 aliphatic rings. The number of nitrogens with zero attached hydrogens (tertiary/aromatic N) is 1. The van der Waals surface area contributed by atoms with Crippen LogP contribution in [0.5, 0.6) is 0 Å².